The van der Waals surface area contributed by atoms with Crippen LogP contribution in [0.4, 0.5) is 0 Å². The first kappa shape index (κ1) is 17.0. The molecule has 120 valence electrons. The molecular weight excluding hydrogens is 312 g/mol. The third kappa shape index (κ3) is 5.75. The molecule has 0 spiro atoms. The van der Waals surface area contributed by atoms with Crippen molar-refractivity contribution in [1.82, 2.24) is 10.9 Å². The van der Waals surface area contributed by atoms with Gasteiger partial charge >= 0.3 is 0 Å². The number of amides is 2. The molecule has 0 atom stereocenters. The molecule has 0 fully saturated rings. The molecular formula is C18H19ClN2O2. The van der Waals surface area contributed by atoms with E-state index in [9.17, 15) is 9.59 Å². The monoisotopic (exact) mass is 330 g/mol. The Morgan fingerprint density at radius 3 is 2.35 bits per heavy atom. The fourth-order valence-electron chi connectivity index (χ4n) is 2.08. The first-order chi connectivity index (χ1) is 11.0. The molecule has 2 aromatic carbocycles. The SMILES string of the molecule is Cc1ccc(CCC(=O)NNC(=O)Cc2ccccc2)cc1Cl. The van der Waals surface area contributed by atoms with E-state index in [2.05, 4.69) is 10.9 Å². The topological polar surface area (TPSA) is 58.2 Å². The van der Waals surface area contributed by atoms with E-state index in [0.29, 0.717) is 11.4 Å². The second-order valence-electron chi connectivity index (χ2n) is 5.34. The van der Waals surface area contributed by atoms with Gasteiger partial charge in [0, 0.05) is 11.4 Å². The van der Waals surface area contributed by atoms with Crippen molar-refractivity contribution >= 4 is 23.4 Å². The summed E-state index contributed by atoms with van der Waals surface area (Å²) in [4.78, 5) is 23.5. The molecule has 0 bridgehead atoms. The summed E-state index contributed by atoms with van der Waals surface area (Å²) in [5.41, 5.74) is 7.75. The van der Waals surface area contributed by atoms with E-state index in [1.54, 1.807) is 0 Å². The van der Waals surface area contributed by atoms with E-state index in [-0.39, 0.29) is 24.7 Å². The molecule has 0 aliphatic carbocycles. The Hall–Kier alpha value is -2.33. The van der Waals surface area contributed by atoms with Gasteiger partial charge in [-0.3, -0.25) is 20.4 Å². The zero-order valence-corrected chi connectivity index (χ0v) is 13.7. The van der Waals surface area contributed by atoms with Crippen molar-refractivity contribution in [2.75, 3.05) is 0 Å². The summed E-state index contributed by atoms with van der Waals surface area (Å²) >= 11 is 6.05. The van der Waals surface area contributed by atoms with Crippen LogP contribution in [0.15, 0.2) is 48.5 Å². The lowest BCUT2D eigenvalue weighted by molar-refractivity contribution is -0.128. The molecule has 23 heavy (non-hydrogen) atoms. The fraction of sp³-hybridized carbons (Fsp3) is 0.222. The van der Waals surface area contributed by atoms with Gasteiger partial charge in [0.2, 0.25) is 11.8 Å². The number of hydrogen-bond acceptors (Lipinski definition) is 2. The van der Waals surface area contributed by atoms with Gasteiger partial charge in [-0.1, -0.05) is 54.1 Å². The largest absolute Gasteiger partial charge is 0.273 e. The van der Waals surface area contributed by atoms with Crippen molar-refractivity contribution < 1.29 is 9.59 Å². The summed E-state index contributed by atoms with van der Waals surface area (Å²) in [5, 5.41) is 0.694. The van der Waals surface area contributed by atoms with Crippen LogP contribution >= 0.6 is 11.6 Å². The summed E-state index contributed by atoms with van der Waals surface area (Å²) in [6.45, 7) is 1.93. The Balaban J connectivity index is 1.72. The minimum absolute atomic E-state index is 0.231. The lowest BCUT2D eigenvalue weighted by atomic mass is 10.1. The summed E-state index contributed by atoms with van der Waals surface area (Å²) in [7, 11) is 0. The Kier molecular flexibility index (Phi) is 6.18. The maximum Gasteiger partial charge on any atom is 0.242 e. The summed E-state index contributed by atoms with van der Waals surface area (Å²) in [6, 6.07) is 15.1. The summed E-state index contributed by atoms with van der Waals surface area (Å²) in [6.07, 6.45) is 1.08. The molecule has 2 amide bonds. The lowest BCUT2D eigenvalue weighted by Crippen LogP contribution is -2.42. The number of hydrogen-bond donors (Lipinski definition) is 2. The molecule has 2 aromatic rings. The van der Waals surface area contributed by atoms with Gasteiger partial charge < -0.3 is 0 Å². The molecule has 0 unspecified atom stereocenters. The van der Waals surface area contributed by atoms with E-state index in [4.69, 9.17) is 11.6 Å². The molecule has 0 radical (unpaired) electrons. The molecule has 0 saturated heterocycles. The summed E-state index contributed by atoms with van der Waals surface area (Å²) < 4.78 is 0. The van der Waals surface area contributed by atoms with E-state index >= 15 is 0 Å². The Labute approximate surface area is 140 Å². The minimum atomic E-state index is -0.247. The van der Waals surface area contributed by atoms with Gasteiger partial charge in [-0.05, 0) is 36.1 Å². The molecule has 0 heterocycles. The van der Waals surface area contributed by atoms with Crippen LogP contribution in [-0.4, -0.2) is 11.8 Å². The van der Waals surface area contributed by atoms with Crippen LogP contribution in [-0.2, 0) is 22.4 Å². The van der Waals surface area contributed by atoms with Crippen LogP contribution in [0, 0.1) is 6.92 Å². The highest BCUT2D eigenvalue weighted by atomic mass is 35.5. The van der Waals surface area contributed by atoms with E-state index in [1.807, 2.05) is 55.5 Å². The first-order valence-electron chi connectivity index (χ1n) is 7.41. The number of rotatable bonds is 5. The van der Waals surface area contributed by atoms with Crippen LogP contribution in [0.2, 0.25) is 5.02 Å². The Bertz CT molecular complexity index is 687. The average molecular weight is 331 g/mol. The van der Waals surface area contributed by atoms with Crippen molar-refractivity contribution in [2.24, 2.45) is 0 Å². The van der Waals surface area contributed by atoms with Gasteiger partial charge in [-0.15, -0.1) is 0 Å². The van der Waals surface area contributed by atoms with E-state index in [1.165, 1.54) is 0 Å². The van der Waals surface area contributed by atoms with Crippen molar-refractivity contribution in [3.63, 3.8) is 0 Å². The molecule has 4 nitrogen and oxygen atoms in total. The second kappa shape index (κ2) is 8.34. The molecule has 0 aliphatic heterocycles. The second-order valence-corrected chi connectivity index (χ2v) is 5.75. The smallest absolute Gasteiger partial charge is 0.242 e. The van der Waals surface area contributed by atoms with Crippen molar-refractivity contribution in [1.29, 1.82) is 0 Å². The normalized spacial score (nSPS) is 10.2. The van der Waals surface area contributed by atoms with Crippen molar-refractivity contribution in [3.8, 4) is 0 Å². The molecule has 2 N–H and O–H groups in total. The Morgan fingerprint density at radius 1 is 0.957 bits per heavy atom. The lowest BCUT2D eigenvalue weighted by Gasteiger charge is -2.08. The van der Waals surface area contributed by atoms with Crippen molar-refractivity contribution in [2.45, 2.75) is 26.2 Å². The van der Waals surface area contributed by atoms with E-state index in [0.717, 1.165) is 16.7 Å². The highest BCUT2D eigenvalue weighted by molar-refractivity contribution is 6.31. The zero-order valence-electron chi connectivity index (χ0n) is 12.9. The van der Waals surface area contributed by atoms with Crippen LogP contribution in [0.3, 0.4) is 0 Å². The molecule has 0 aromatic heterocycles. The van der Waals surface area contributed by atoms with E-state index < -0.39 is 0 Å². The number of aryl methyl sites for hydroxylation is 2. The predicted molar refractivity (Wildman–Crippen MR) is 90.9 cm³/mol. The highest BCUT2D eigenvalue weighted by Crippen LogP contribution is 2.17. The molecule has 2 rings (SSSR count). The van der Waals surface area contributed by atoms with Crippen LogP contribution in [0.5, 0.6) is 0 Å². The molecule has 0 aliphatic rings. The van der Waals surface area contributed by atoms with Gasteiger partial charge in [-0.2, -0.15) is 0 Å². The van der Waals surface area contributed by atoms with Gasteiger partial charge in [-0.25, -0.2) is 0 Å². The average Bonchev–Trinajstić information content (AvgIpc) is 2.55. The standard InChI is InChI=1S/C18H19ClN2O2/c1-13-7-8-15(11-16(13)19)9-10-17(22)20-21-18(23)12-14-5-3-2-4-6-14/h2-8,11H,9-10,12H2,1H3,(H,20,22)(H,21,23). The highest BCUT2D eigenvalue weighted by Gasteiger charge is 2.06. The third-order valence-electron chi connectivity index (χ3n) is 3.43. The number of nitrogens with one attached hydrogen (secondary N) is 2. The number of carbonyl (C=O) groups excluding carboxylic acids is 2. The van der Waals surface area contributed by atoms with Crippen LogP contribution < -0.4 is 10.9 Å². The number of halogens is 1. The fourth-order valence-corrected chi connectivity index (χ4v) is 2.28. The molecule has 5 heteroatoms. The first-order valence-corrected chi connectivity index (χ1v) is 7.79. The molecule has 0 saturated carbocycles. The van der Waals surface area contributed by atoms with Crippen LogP contribution in [0.1, 0.15) is 23.1 Å². The summed E-state index contributed by atoms with van der Waals surface area (Å²) in [5.74, 6) is -0.481. The van der Waals surface area contributed by atoms with Gasteiger partial charge in [0.25, 0.3) is 0 Å². The number of benzene rings is 2. The number of carbonyl (C=O) groups is 2. The maximum atomic E-state index is 11.8. The minimum Gasteiger partial charge on any atom is -0.273 e. The van der Waals surface area contributed by atoms with Crippen LogP contribution in [0.25, 0.3) is 0 Å². The zero-order chi connectivity index (χ0) is 16.7. The third-order valence-corrected chi connectivity index (χ3v) is 3.83. The predicted octanol–water partition coefficient (Wildman–Crippen LogP) is 2.97. The maximum absolute atomic E-state index is 11.8. The quantitative estimate of drug-likeness (QED) is 0.828. The van der Waals surface area contributed by atoms with Crippen molar-refractivity contribution in [3.05, 3.63) is 70.2 Å². The van der Waals surface area contributed by atoms with Gasteiger partial charge in [0.05, 0.1) is 6.42 Å². The van der Waals surface area contributed by atoms with Gasteiger partial charge in [0.15, 0.2) is 0 Å². The van der Waals surface area contributed by atoms with Gasteiger partial charge in [0.1, 0.15) is 0 Å². The number of hydrazine groups is 1. The Morgan fingerprint density at radius 2 is 1.65 bits per heavy atom.